The van der Waals surface area contributed by atoms with Crippen LogP contribution in [0.4, 0.5) is 5.69 Å². The Morgan fingerprint density at radius 2 is 1.69 bits per heavy atom. The van der Waals surface area contributed by atoms with Gasteiger partial charge in [0.25, 0.3) is 10.0 Å². The van der Waals surface area contributed by atoms with Gasteiger partial charge in [-0.05, 0) is 87.7 Å². The number of nitrogens with one attached hydrogen (secondary N) is 1. The van der Waals surface area contributed by atoms with Crippen LogP contribution >= 0.6 is 11.6 Å². The highest BCUT2D eigenvalue weighted by molar-refractivity contribution is 7.92. The maximum absolute atomic E-state index is 14.1. The van der Waals surface area contributed by atoms with Crippen molar-refractivity contribution < 1.29 is 22.7 Å². The van der Waals surface area contributed by atoms with Gasteiger partial charge in [-0.3, -0.25) is 13.9 Å². The maximum Gasteiger partial charge on any atom is 0.264 e. The SMILES string of the molecule is CCOc1ccc(S(=O)(=O)N(CC(=O)N(Cc2cccc(Cl)c2)C(C)C(=O)NC2CCCC2)c2ccc(C)cc2)cc1. The van der Waals surface area contributed by atoms with E-state index < -0.39 is 28.5 Å². The van der Waals surface area contributed by atoms with E-state index in [4.69, 9.17) is 16.3 Å². The minimum Gasteiger partial charge on any atom is -0.494 e. The molecule has 0 aliphatic heterocycles. The summed E-state index contributed by atoms with van der Waals surface area (Å²) in [6.45, 7) is 5.45. The van der Waals surface area contributed by atoms with Gasteiger partial charge in [-0.2, -0.15) is 0 Å². The van der Waals surface area contributed by atoms with E-state index in [1.807, 2.05) is 19.9 Å². The number of aryl methyl sites for hydroxylation is 1. The van der Waals surface area contributed by atoms with E-state index in [0.29, 0.717) is 23.1 Å². The summed E-state index contributed by atoms with van der Waals surface area (Å²) in [4.78, 5) is 28.8. The Balaban J connectivity index is 1.67. The van der Waals surface area contributed by atoms with Crippen LogP contribution in [0.25, 0.3) is 0 Å². The zero-order valence-electron chi connectivity index (χ0n) is 24.3. The molecule has 0 aromatic heterocycles. The highest BCUT2D eigenvalue weighted by Gasteiger charge is 2.33. The van der Waals surface area contributed by atoms with Gasteiger partial charge in [-0.25, -0.2) is 8.42 Å². The standard InChI is InChI=1S/C32H38ClN3O5S/c1-4-41-29-16-18-30(19-17-29)42(39,40)36(28-14-12-23(2)13-15-28)22-31(37)35(21-25-8-7-9-26(33)20-25)24(3)32(38)34-27-10-5-6-11-27/h7-9,12-20,24,27H,4-6,10-11,21-22H2,1-3H3,(H,34,38). The molecular formula is C32H38ClN3O5S. The van der Waals surface area contributed by atoms with Crippen LogP contribution < -0.4 is 14.4 Å². The Hall–Kier alpha value is -3.56. The van der Waals surface area contributed by atoms with Crippen molar-refractivity contribution in [1.29, 1.82) is 0 Å². The fraction of sp³-hybridized carbons (Fsp3) is 0.375. The van der Waals surface area contributed by atoms with E-state index in [-0.39, 0.29) is 23.4 Å². The Labute approximate surface area is 253 Å². The quantitative estimate of drug-likeness (QED) is 0.283. The fourth-order valence-electron chi connectivity index (χ4n) is 5.05. The highest BCUT2D eigenvalue weighted by Crippen LogP contribution is 2.27. The second-order valence-electron chi connectivity index (χ2n) is 10.6. The Morgan fingerprint density at radius 3 is 2.31 bits per heavy atom. The molecule has 10 heteroatoms. The van der Waals surface area contributed by atoms with E-state index in [2.05, 4.69) is 5.32 Å². The minimum absolute atomic E-state index is 0.0211. The number of ether oxygens (including phenoxy) is 1. The average Bonchev–Trinajstić information content (AvgIpc) is 3.48. The lowest BCUT2D eigenvalue weighted by Crippen LogP contribution is -2.52. The molecule has 1 N–H and O–H groups in total. The molecule has 8 nitrogen and oxygen atoms in total. The van der Waals surface area contributed by atoms with Gasteiger partial charge in [0, 0.05) is 17.6 Å². The molecule has 0 saturated heterocycles. The molecule has 4 rings (SSSR count). The van der Waals surface area contributed by atoms with Gasteiger partial charge in [-0.1, -0.05) is 54.3 Å². The summed E-state index contributed by atoms with van der Waals surface area (Å²) in [6, 6.07) is 19.3. The van der Waals surface area contributed by atoms with E-state index in [0.717, 1.165) is 41.1 Å². The monoisotopic (exact) mass is 611 g/mol. The van der Waals surface area contributed by atoms with Crippen molar-refractivity contribution >= 4 is 39.1 Å². The number of anilines is 1. The van der Waals surface area contributed by atoms with Crippen molar-refractivity contribution in [2.24, 2.45) is 0 Å². The second kappa shape index (κ2) is 14.1. The molecular weight excluding hydrogens is 574 g/mol. The number of benzene rings is 3. The maximum atomic E-state index is 14.1. The number of carbonyl (C=O) groups excluding carboxylic acids is 2. The molecule has 224 valence electrons. The third-order valence-electron chi connectivity index (χ3n) is 7.43. The van der Waals surface area contributed by atoms with Crippen LogP contribution in [-0.4, -0.2) is 50.4 Å². The number of rotatable bonds is 12. The minimum atomic E-state index is -4.16. The third kappa shape index (κ3) is 7.83. The van der Waals surface area contributed by atoms with Crippen molar-refractivity contribution in [3.8, 4) is 5.75 Å². The Bertz CT molecular complexity index is 1470. The second-order valence-corrected chi connectivity index (χ2v) is 12.9. The number of amides is 2. The van der Waals surface area contributed by atoms with Crippen LogP contribution in [-0.2, 0) is 26.2 Å². The molecule has 0 radical (unpaired) electrons. The zero-order valence-corrected chi connectivity index (χ0v) is 25.8. The first-order valence-corrected chi connectivity index (χ1v) is 16.1. The summed E-state index contributed by atoms with van der Waals surface area (Å²) in [5.74, 6) is -0.239. The molecule has 1 aliphatic carbocycles. The van der Waals surface area contributed by atoms with Crippen LogP contribution in [0.1, 0.15) is 50.7 Å². The lowest BCUT2D eigenvalue weighted by Gasteiger charge is -2.32. The van der Waals surface area contributed by atoms with Crippen LogP contribution in [0.3, 0.4) is 0 Å². The first-order valence-electron chi connectivity index (χ1n) is 14.2. The fourth-order valence-corrected chi connectivity index (χ4v) is 6.68. The summed E-state index contributed by atoms with van der Waals surface area (Å²) in [7, 11) is -4.16. The number of hydrogen-bond acceptors (Lipinski definition) is 5. The van der Waals surface area contributed by atoms with Gasteiger partial charge in [0.05, 0.1) is 17.2 Å². The molecule has 1 fully saturated rings. The topological polar surface area (TPSA) is 96.0 Å². The van der Waals surface area contributed by atoms with Gasteiger partial charge in [-0.15, -0.1) is 0 Å². The van der Waals surface area contributed by atoms with E-state index in [1.165, 1.54) is 17.0 Å². The molecule has 1 saturated carbocycles. The molecule has 0 bridgehead atoms. The number of hydrogen-bond donors (Lipinski definition) is 1. The van der Waals surface area contributed by atoms with Crippen molar-refractivity contribution in [3.63, 3.8) is 0 Å². The number of carbonyl (C=O) groups is 2. The summed E-state index contributed by atoms with van der Waals surface area (Å²) < 4.78 is 34.6. The summed E-state index contributed by atoms with van der Waals surface area (Å²) in [6.07, 6.45) is 3.92. The molecule has 2 amide bonds. The van der Waals surface area contributed by atoms with Gasteiger partial charge < -0.3 is 15.0 Å². The van der Waals surface area contributed by atoms with Crippen LogP contribution in [0.5, 0.6) is 5.75 Å². The van der Waals surface area contributed by atoms with Crippen LogP contribution in [0.15, 0.2) is 77.7 Å². The van der Waals surface area contributed by atoms with Crippen molar-refractivity contribution in [2.75, 3.05) is 17.5 Å². The van der Waals surface area contributed by atoms with Gasteiger partial charge in [0.15, 0.2) is 0 Å². The zero-order chi connectivity index (χ0) is 30.3. The normalized spacial score (nSPS) is 14.3. The predicted octanol–water partition coefficient (Wildman–Crippen LogP) is 5.72. The molecule has 0 heterocycles. The number of halogens is 1. The third-order valence-corrected chi connectivity index (χ3v) is 9.46. The largest absolute Gasteiger partial charge is 0.494 e. The summed E-state index contributed by atoms with van der Waals surface area (Å²) in [5.41, 5.74) is 2.02. The Morgan fingerprint density at radius 1 is 1.02 bits per heavy atom. The molecule has 1 unspecified atom stereocenters. The van der Waals surface area contributed by atoms with Gasteiger partial charge in [0.1, 0.15) is 18.3 Å². The molecule has 3 aromatic carbocycles. The van der Waals surface area contributed by atoms with E-state index in [9.17, 15) is 18.0 Å². The number of nitrogens with zero attached hydrogens (tertiary/aromatic N) is 2. The first-order chi connectivity index (χ1) is 20.1. The smallest absolute Gasteiger partial charge is 0.264 e. The summed E-state index contributed by atoms with van der Waals surface area (Å²) >= 11 is 6.22. The highest BCUT2D eigenvalue weighted by atomic mass is 35.5. The lowest BCUT2D eigenvalue weighted by atomic mass is 10.1. The number of sulfonamides is 1. The van der Waals surface area contributed by atoms with Gasteiger partial charge >= 0.3 is 0 Å². The lowest BCUT2D eigenvalue weighted by molar-refractivity contribution is -0.139. The molecule has 1 atom stereocenters. The molecule has 3 aromatic rings. The average molecular weight is 612 g/mol. The van der Waals surface area contributed by atoms with Crippen LogP contribution in [0.2, 0.25) is 5.02 Å². The Kier molecular flexibility index (Phi) is 10.5. The predicted molar refractivity (Wildman–Crippen MR) is 165 cm³/mol. The van der Waals surface area contributed by atoms with Crippen molar-refractivity contribution in [3.05, 3.63) is 88.9 Å². The van der Waals surface area contributed by atoms with Gasteiger partial charge in [0.2, 0.25) is 11.8 Å². The molecule has 0 spiro atoms. The van der Waals surface area contributed by atoms with Crippen molar-refractivity contribution in [1.82, 2.24) is 10.2 Å². The molecule has 42 heavy (non-hydrogen) atoms. The van der Waals surface area contributed by atoms with Crippen LogP contribution in [0, 0.1) is 6.92 Å². The van der Waals surface area contributed by atoms with Crippen molar-refractivity contribution in [2.45, 2.75) is 70.0 Å². The van der Waals surface area contributed by atoms with E-state index >= 15 is 0 Å². The molecule has 1 aliphatic rings. The first kappa shape index (κ1) is 31.4. The summed E-state index contributed by atoms with van der Waals surface area (Å²) in [5, 5.41) is 3.57. The van der Waals surface area contributed by atoms with E-state index in [1.54, 1.807) is 61.5 Å².